The maximum atomic E-state index is 7.40. The van der Waals surface area contributed by atoms with Crippen LogP contribution in [0.5, 0.6) is 0 Å². The Morgan fingerprint density at radius 1 is 0.240 bits per heavy atom. The molecule has 0 radical (unpaired) electrons. The first-order chi connectivity index (χ1) is 37.2. The second-order valence-electron chi connectivity index (χ2n) is 19.1. The highest BCUT2D eigenvalue weighted by molar-refractivity contribution is 6.26. The van der Waals surface area contributed by atoms with Crippen molar-refractivity contribution in [2.45, 2.75) is 0 Å². The van der Waals surface area contributed by atoms with E-state index < -0.39 is 0 Å². The molecule has 15 rings (SSSR count). The van der Waals surface area contributed by atoms with Gasteiger partial charge in [0.2, 0.25) is 0 Å². The lowest BCUT2D eigenvalue weighted by Gasteiger charge is -2.12. The third-order valence-electron chi connectivity index (χ3n) is 14.8. The summed E-state index contributed by atoms with van der Waals surface area (Å²) in [6, 6.07) is 92.0. The zero-order valence-electron chi connectivity index (χ0n) is 40.5. The first-order valence-corrected chi connectivity index (χ1v) is 25.3. The van der Waals surface area contributed by atoms with Gasteiger partial charge in [-0.3, -0.25) is 0 Å². The molecule has 0 N–H and O–H groups in total. The Labute approximate surface area is 431 Å². The Kier molecular flexibility index (Phi) is 9.78. The highest BCUT2D eigenvalue weighted by atomic mass is 16.3. The van der Waals surface area contributed by atoms with Crippen molar-refractivity contribution in [3.63, 3.8) is 0 Å². The molecule has 6 heteroatoms. The van der Waals surface area contributed by atoms with Crippen molar-refractivity contribution < 1.29 is 4.42 Å². The zero-order valence-corrected chi connectivity index (χ0v) is 40.5. The molecular formula is C69H43N5O. The van der Waals surface area contributed by atoms with E-state index in [-0.39, 0.29) is 0 Å². The van der Waals surface area contributed by atoms with Crippen LogP contribution in [0.3, 0.4) is 0 Å². The monoisotopic (exact) mass is 957 g/mol. The van der Waals surface area contributed by atoms with Crippen molar-refractivity contribution in [3.8, 4) is 78.9 Å². The van der Waals surface area contributed by atoms with Gasteiger partial charge in [-0.1, -0.05) is 206 Å². The van der Waals surface area contributed by atoms with Crippen LogP contribution in [0.1, 0.15) is 0 Å². The molecule has 75 heavy (non-hydrogen) atoms. The van der Waals surface area contributed by atoms with Gasteiger partial charge in [0.25, 0.3) is 0 Å². The lowest BCUT2D eigenvalue weighted by molar-refractivity contribution is 0.673. The van der Waals surface area contributed by atoms with Crippen molar-refractivity contribution in [3.05, 3.63) is 261 Å². The number of furan rings is 1. The van der Waals surface area contributed by atoms with Crippen LogP contribution in [-0.4, -0.2) is 24.1 Å². The number of para-hydroxylation sites is 2. The van der Waals surface area contributed by atoms with Crippen molar-refractivity contribution in [2.75, 3.05) is 0 Å². The molecule has 4 aromatic heterocycles. The zero-order chi connectivity index (χ0) is 49.4. The summed E-state index contributed by atoms with van der Waals surface area (Å²) in [5, 5.41) is 6.68. The van der Waals surface area contributed by atoms with E-state index in [0.29, 0.717) is 17.5 Å². The summed E-state index contributed by atoms with van der Waals surface area (Å²) < 4.78 is 12.1. The average molecular weight is 958 g/mol. The second kappa shape index (κ2) is 17.3. The quantitative estimate of drug-likeness (QED) is 0.152. The van der Waals surface area contributed by atoms with E-state index in [1.165, 1.54) is 16.5 Å². The fourth-order valence-electron chi connectivity index (χ4n) is 11.2. The number of aromatic nitrogens is 5. The van der Waals surface area contributed by atoms with Crippen LogP contribution in [0.25, 0.3) is 144 Å². The van der Waals surface area contributed by atoms with Gasteiger partial charge in [0, 0.05) is 60.4 Å². The third kappa shape index (κ3) is 7.07. The van der Waals surface area contributed by atoms with Crippen LogP contribution >= 0.6 is 0 Å². The fraction of sp³-hybridized carbons (Fsp3) is 0. The van der Waals surface area contributed by atoms with Crippen molar-refractivity contribution in [2.24, 2.45) is 0 Å². The number of hydrogen-bond acceptors (Lipinski definition) is 4. The highest BCUT2D eigenvalue weighted by Crippen LogP contribution is 2.45. The van der Waals surface area contributed by atoms with E-state index in [2.05, 4.69) is 258 Å². The molecule has 0 aliphatic rings. The molecule has 0 fully saturated rings. The summed E-state index contributed by atoms with van der Waals surface area (Å²) in [5.74, 6) is 1.78. The molecule has 0 aliphatic carbocycles. The number of benzene rings is 11. The maximum absolute atomic E-state index is 7.40. The van der Waals surface area contributed by atoms with Crippen LogP contribution in [0.15, 0.2) is 265 Å². The Balaban J connectivity index is 0.918. The van der Waals surface area contributed by atoms with Gasteiger partial charge in [0.1, 0.15) is 0 Å². The normalized spacial score (nSPS) is 11.7. The molecule has 350 valence electrons. The predicted molar refractivity (Wildman–Crippen MR) is 308 cm³/mol. The van der Waals surface area contributed by atoms with Gasteiger partial charge in [-0.2, -0.15) is 0 Å². The standard InChI is InChI=1S/C69H43N5O/c1-4-16-44(17-5-1)47-30-32-49(33-31-47)67-70-68(51-23-14-22-50(42-51)46-20-8-3-9-21-46)72-69(71-67)52-24-15-25-54(43-52)74-62-29-13-11-27-56(62)58-39-41-60-59-40-38-57-55-26-10-12-28-61(55)73(63(57)65(59)75-66(60)64(58)74)53-36-34-48(35-37-53)45-18-6-2-7-19-45/h1-43H. The predicted octanol–water partition coefficient (Wildman–Crippen LogP) is 18.0. The molecule has 0 bridgehead atoms. The molecule has 0 amide bonds. The van der Waals surface area contributed by atoms with Gasteiger partial charge >= 0.3 is 0 Å². The van der Waals surface area contributed by atoms with Gasteiger partial charge in [-0.15, -0.1) is 0 Å². The number of rotatable bonds is 8. The summed E-state index contributed by atoms with van der Waals surface area (Å²) in [4.78, 5) is 15.7. The van der Waals surface area contributed by atoms with Crippen molar-refractivity contribution in [1.29, 1.82) is 0 Å². The van der Waals surface area contributed by atoms with E-state index in [1.807, 2.05) is 12.1 Å². The van der Waals surface area contributed by atoms with Gasteiger partial charge in [0.05, 0.1) is 22.1 Å². The molecule has 0 saturated carbocycles. The SMILES string of the molecule is c1ccc(-c2ccc(-c3nc(-c4cccc(-c5ccccc5)c4)nc(-c4cccc(-n5c6ccccc6c6ccc7c8ccc9c%10ccccc%10n(-c%10ccc(-c%11ccccc%11)cc%10)c9c8oc7c65)c4)n3)cc2)cc1. The second-order valence-corrected chi connectivity index (χ2v) is 19.1. The van der Waals surface area contributed by atoms with E-state index >= 15 is 0 Å². The number of nitrogens with zero attached hydrogens (tertiary/aromatic N) is 5. The maximum Gasteiger partial charge on any atom is 0.164 e. The topological polar surface area (TPSA) is 61.7 Å². The molecule has 15 aromatic rings. The minimum atomic E-state index is 0.579. The molecule has 0 spiro atoms. The largest absolute Gasteiger partial charge is 0.452 e. The first-order valence-electron chi connectivity index (χ1n) is 25.3. The van der Waals surface area contributed by atoms with Gasteiger partial charge < -0.3 is 13.6 Å². The van der Waals surface area contributed by atoms with Crippen LogP contribution in [0, 0.1) is 0 Å². The van der Waals surface area contributed by atoms with E-state index in [4.69, 9.17) is 19.4 Å². The molecule has 6 nitrogen and oxygen atoms in total. The lowest BCUT2D eigenvalue weighted by Crippen LogP contribution is -2.01. The van der Waals surface area contributed by atoms with E-state index in [1.54, 1.807) is 0 Å². The molecule has 0 atom stereocenters. The summed E-state index contributed by atoms with van der Waals surface area (Å²) >= 11 is 0. The minimum absolute atomic E-state index is 0.579. The minimum Gasteiger partial charge on any atom is -0.452 e. The van der Waals surface area contributed by atoms with Crippen molar-refractivity contribution in [1.82, 2.24) is 24.1 Å². The summed E-state index contributed by atoms with van der Waals surface area (Å²) in [6.07, 6.45) is 0. The van der Waals surface area contributed by atoms with Gasteiger partial charge in [-0.25, -0.2) is 15.0 Å². The van der Waals surface area contributed by atoms with Crippen LogP contribution in [0.2, 0.25) is 0 Å². The summed E-state index contributed by atoms with van der Waals surface area (Å²) in [6.45, 7) is 0. The van der Waals surface area contributed by atoms with Crippen LogP contribution in [0.4, 0.5) is 0 Å². The fourth-order valence-corrected chi connectivity index (χ4v) is 11.2. The molecule has 0 aliphatic heterocycles. The molecule has 0 unspecified atom stereocenters. The third-order valence-corrected chi connectivity index (χ3v) is 14.8. The Bertz CT molecular complexity index is 4670. The van der Waals surface area contributed by atoms with E-state index in [0.717, 1.165) is 110 Å². The number of hydrogen-bond donors (Lipinski definition) is 0. The van der Waals surface area contributed by atoms with Crippen molar-refractivity contribution >= 4 is 65.6 Å². The molecule has 4 heterocycles. The lowest BCUT2D eigenvalue weighted by atomic mass is 10.0. The Hall–Kier alpha value is -10.2. The Morgan fingerprint density at radius 2 is 0.613 bits per heavy atom. The first kappa shape index (κ1) is 42.5. The van der Waals surface area contributed by atoms with Gasteiger partial charge in [0.15, 0.2) is 28.6 Å². The highest BCUT2D eigenvalue weighted by Gasteiger charge is 2.24. The van der Waals surface area contributed by atoms with Crippen LogP contribution in [-0.2, 0) is 0 Å². The van der Waals surface area contributed by atoms with Gasteiger partial charge in [-0.05, 0) is 88.0 Å². The molecule has 0 saturated heterocycles. The van der Waals surface area contributed by atoms with Crippen LogP contribution < -0.4 is 0 Å². The molecular weight excluding hydrogens is 915 g/mol. The molecule has 11 aromatic carbocycles. The summed E-state index contributed by atoms with van der Waals surface area (Å²) in [5.41, 5.74) is 17.5. The number of fused-ring (bicyclic) bond motifs is 11. The smallest absolute Gasteiger partial charge is 0.164 e. The average Bonchev–Trinajstić information content (AvgIpc) is 4.21. The summed E-state index contributed by atoms with van der Waals surface area (Å²) in [7, 11) is 0. The Morgan fingerprint density at radius 3 is 1.16 bits per heavy atom. The van der Waals surface area contributed by atoms with E-state index in [9.17, 15) is 0 Å².